The van der Waals surface area contributed by atoms with Gasteiger partial charge in [0.1, 0.15) is 54.4 Å². The quantitative estimate of drug-likeness (QED) is 0.0348. The largest absolute Gasteiger partial charge is 0.481 e. The Bertz CT molecular complexity index is 2460. The van der Waals surface area contributed by atoms with Crippen LogP contribution in [-0.2, 0) is 64.0 Å². The van der Waals surface area contributed by atoms with Gasteiger partial charge in [0.25, 0.3) is 0 Å². The maximum atomic E-state index is 14.0. The smallest absolute Gasteiger partial charge is 0.326 e. The average molecular weight is 1090 g/mol. The Morgan fingerprint density at radius 2 is 1.12 bits per heavy atom. The van der Waals surface area contributed by atoms with Crippen LogP contribution in [0.1, 0.15) is 92.1 Å². The minimum atomic E-state index is -2.07. The normalized spacial score (nSPS) is 16.8. The summed E-state index contributed by atoms with van der Waals surface area (Å²) in [5.74, 6) is -13.7. The zero-order valence-electron chi connectivity index (χ0n) is 43.8. The number of fused-ring (bicyclic) bond motifs is 1. The first kappa shape index (κ1) is 63.6. The number of para-hydroxylation sites is 1. The molecule has 77 heavy (non-hydrogen) atoms. The molecule has 2 heterocycles. The lowest BCUT2D eigenvalue weighted by molar-refractivity contribution is -0.145. The summed E-state index contributed by atoms with van der Waals surface area (Å²) in [7, 11) is 0. The number of rotatable bonds is 31. The van der Waals surface area contributed by atoms with Crippen molar-refractivity contribution < 1.29 is 83.1 Å². The summed E-state index contributed by atoms with van der Waals surface area (Å²) in [6, 6.07) is -7.95. The first-order valence-electron chi connectivity index (χ1n) is 25.1. The lowest BCUT2D eigenvalue weighted by atomic mass is 10.0. The van der Waals surface area contributed by atoms with Crippen molar-refractivity contribution in [3.8, 4) is 0 Å². The number of aliphatic hydroxyl groups is 2. The fourth-order valence-electron chi connectivity index (χ4n) is 8.26. The molecule has 1 aliphatic rings. The van der Waals surface area contributed by atoms with E-state index in [9.17, 15) is 83.1 Å². The number of aromatic nitrogens is 1. The molecule has 0 saturated carbocycles. The molecule has 426 valence electrons. The van der Waals surface area contributed by atoms with Gasteiger partial charge in [0.2, 0.25) is 53.2 Å². The van der Waals surface area contributed by atoms with E-state index in [0.29, 0.717) is 12.0 Å². The molecule has 0 radical (unpaired) electrons. The minimum Gasteiger partial charge on any atom is -0.481 e. The third kappa shape index (κ3) is 19.7. The Balaban J connectivity index is 1.74. The highest BCUT2D eigenvalue weighted by Gasteiger charge is 2.40. The van der Waals surface area contributed by atoms with Crippen molar-refractivity contribution in [3.63, 3.8) is 0 Å². The van der Waals surface area contributed by atoms with E-state index >= 15 is 0 Å². The highest BCUT2D eigenvalue weighted by atomic mass is 16.4. The van der Waals surface area contributed by atoms with Gasteiger partial charge in [-0.15, -0.1) is 0 Å². The highest BCUT2D eigenvalue weighted by Crippen LogP contribution is 2.22. The minimum absolute atomic E-state index is 0.0675. The van der Waals surface area contributed by atoms with Crippen molar-refractivity contribution in [2.75, 3.05) is 19.8 Å². The molecule has 1 aromatic heterocycles. The maximum absolute atomic E-state index is 14.0. The number of aliphatic carboxylic acids is 3. The molecule has 0 aliphatic carbocycles. The van der Waals surface area contributed by atoms with Gasteiger partial charge in [-0.05, 0) is 69.4 Å². The molecule has 10 atom stereocenters. The maximum Gasteiger partial charge on any atom is 0.326 e. The second-order valence-electron chi connectivity index (χ2n) is 19.7. The molecule has 1 fully saturated rings. The van der Waals surface area contributed by atoms with E-state index in [4.69, 9.17) is 5.73 Å². The van der Waals surface area contributed by atoms with E-state index in [-0.39, 0.29) is 44.1 Å². The fourth-order valence-corrected chi connectivity index (χ4v) is 8.26. The van der Waals surface area contributed by atoms with Crippen LogP contribution in [0.2, 0.25) is 0 Å². The highest BCUT2D eigenvalue weighted by molar-refractivity contribution is 5.99. The second kappa shape index (κ2) is 30.1. The summed E-state index contributed by atoms with van der Waals surface area (Å²) in [4.78, 5) is 161. The number of carbonyl (C=O) groups is 12. The zero-order chi connectivity index (χ0) is 57.8. The number of likely N-dealkylation sites (tertiary alicyclic amines) is 1. The summed E-state index contributed by atoms with van der Waals surface area (Å²) < 4.78 is 0. The van der Waals surface area contributed by atoms with Gasteiger partial charge in [0.05, 0.1) is 25.7 Å². The van der Waals surface area contributed by atoms with Crippen molar-refractivity contribution >= 4 is 82.0 Å². The standard InChI is InChI=1S/C49H73N11O17/c1-23(2)16-33(48(75)60-15-9-12-37(60)47(74)57-34(49(76)77)17-24(3)4)56-41(68)26(6)52-42(69)30(13-14-38(63)64)53-44(71)32(19-39(65)66)55-45(72)35(21-61)59-46(73)36(22-62)58-43(70)31(54-40(67)25(5)50)18-27-20-51-29-11-8-7-10-28(27)29/h7-8,10-11,20,23-26,30-37,51,61-62H,9,12-19,21-22,50H2,1-6H3,(H,52,69)(H,53,71)(H,54,67)(H,55,72)(H,56,68)(H,57,74)(H,58,70)(H,59,73)(H,63,64)(H,65,66)(H,76,77)/t25-,26-,30-,31-,32-,33-,34-,35-,36-,37-/m0/s1. The number of nitrogens with zero attached hydrogens (tertiary/aromatic N) is 1. The van der Waals surface area contributed by atoms with Crippen LogP contribution in [0.3, 0.4) is 0 Å². The molecule has 1 aliphatic heterocycles. The number of aromatic amines is 1. The van der Waals surface area contributed by atoms with Crippen molar-refractivity contribution in [1.82, 2.24) is 52.4 Å². The van der Waals surface area contributed by atoms with E-state index in [2.05, 4.69) is 42.2 Å². The van der Waals surface area contributed by atoms with Crippen molar-refractivity contribution in [1.29, 1.82) is 0 Å². The molecule has 16 N–H and O–H groups in total. The number of hydrogen-bond donors (Lipinski definition) is 15. The van der Waals surface area contributed by atoms with Crippen LogP contribution in [-0.4, -0.2) is 187 Å². The van der Waals surface area contributed by atoms with Gasteiger partial charge >= 0.3 is 17.9 Å². The number of hydrogen-bond acceptors (Lipinski definition) is 15. The van der Waals surface area contributed by atoms with Crippen LogP contribution >= 0.6 is 0 Å². The number of amides is 9. The van der Waals surface area contributed by atoms with E-state index in [1.54, 1.807) is 58.2 Å². The Morgan fingerprint density at radius 3 is 1.66 bits per heavy atom. The molecule has 28 nitrogen and oxygen atoms in total. The van der Waals surface area contributed by atoms with Gasteiger partial charge in [-0.1, -0.05) is 45.9 Å². The molecule has 9 amide bonds. The summed E-state index contributed by atoms with van der Waals surface area (Å²) >= 11 is 0. The third-order valence-corrected chi connectivity index (χ3v) is 12.3. The van der Waals surface area contributed by atoms with Gasteiger partial charge in [-0.25, -0.2) is 4.79 Å². The summed E-state index contributed by atoms with van der Waals surface area (Å²) in [5, 5.41) is 68.3. The van der Waals surface area contributed by atoms with Crippen LogP contribution in [0.5, 0.6) is 0 Å². The van der Waals surface area contributed by atoms with E-state index in [0.717, 1.165) is 10.9 Å². The third-order valence-electron chi connectivity index (χ3n) is 12.3. The van der Waals surface area contributed by atoms with Crippen LogP contribution in [0.4, 0.5) is 0 Å². The Kier molecular flexibility index (Phi) is 24.9. The molecule has 3 rings (SSSR count). The number of nitrogens with two attached hydrogens (primary N) is 1. The van der Waals surface area contributed by atoms with E-state index < -0.39 is 164 Å². The van der Waals surface area contributed by atoms with Crippen LogP contribution in [0, 0.1) is 11.8 Å². The lowest BCUT2D eigenvalue weighted by Gasteiger charge is -2.31. The molecule has 0 bridgehead atoms. The summed E-state index contributed by atoms with van der Waals surface area (Å²) in [6.07, 6.45) is -0.226. The number of carbonyl (C=O) groups excluding carboxylic acids is 9. The predicted molar refractivity (Wildman–Crippen MR) is 271 cm³/mol. The van der Waals surface area contributed by atoms with Gasteiger partial charge in [-0.2, -0.15) is 0 Å². The number of carboxylic acid groups (broad SMARTS) is 3. The molecule has 2 aromatic rings. The number of aliphatic hydroxyl groups excluding tert-OH is 2. The number of carboxylic acids is 3. The van der Waals surface area contributed by atoms with Gasteiger partial charge < -0.3 is 83.7 Å². The SMILES string of the molecule is CC(C)C[C@H](NC(=O)[C@@H]1CCCN1C(=O)[C@H](CC(C)C)NC(=O)[C@H](C)NC(=O)[C@H](CCC(=O)O)NC(=O)[C@H](CC(=O)O)NC(=O)[C@H](CO)NC(=O)[C@H](CO)NC(=O)[C@H](Cc1c[nH]c2ccccc12)NC(=O)[C@H](C)N)C(=O)O. The van der Waals surface area contributed by atoms with E-state index in [1.807, 2.05) is 5.32 Å². The zero-order valence-corrected chi connectivity index (χ0v) is 43.8. The molecule has 1 aromatic carbocycles. The number of nitrogens with one attached hydrogen (secondary N) is 9. The Labute approximate surface area is 443 Å². The molecule has 28 heteroatoms. The number of benzene rings is 1. The topological polar surface area (TPSA) is 447 Å². The van der Waals surface area contributed by atoms with E-state index in [1.165, 1.54) is 18.7 Å². The van der Waals surface area contributed by atoms with Gasteiger partial charge in [0.15, 0.2) is 0 Å². The molecule has 1 saturated heterocycles. The van der Waals surface area contributed by atoms with Gasteiger partial charge in [0, 0.05) is 36.5 Å². The Morgan fingerprint density at radius 1 is 0.610 bits per heavy atom. The monoisotopic (exact) mass is 1090 g/mol. The van der Waals surface area contributed by atoms with Crippen molar-refractivity contribution in [2.24, 2.45) is 17.6 Å². The van der Waals surface area contributed by atoms with Gasteiger partial charge in [-0.3, -0.25) is 52.7 Å². The first-order chi connectivity index (χ1) is 36.2. The first-order valence-corrected chi connectivity index (χ1v) is 25.1. The van der Waals surface area contributed by atoms with Crippen molar-refractivity contribution in [3.05, 3.63) is 36.0 Å². The average Bonchev–Trinajstić information content (AvgIpc) is 4.02. The number of H-pyrrole nitrogens is 1. The van der Waals surface area contributed by atoms with Crippen LogP contribution in [0.15, 0.2) is 30.5 Å². The van der Waals surface area contributed by atoms with Crippen LogP contribution in [0.25, 0.3) is 10.9 Å². The fraction of sp³-hybridized carbons (Fsp3) is 0.592. The summed E-state index contributed by atoms with van der Waals surface area (Å²) in [5.41, 5.74) is 7.03. The Hall–Kier alpha value is -7.72. The summed E-state index contributed by atoms with van der Waals surface area (Å²) in [6.45, 7) is 7.53. The van der Waals surface area contributed by atoms with Crippen LogP contribution < -0.4 is 48.3 Å². The molecule has 0 unspecified atom stereocenters. The predicted octanol–water partition coefficient (Wildman–Crippen LogP) is -3.55. The van der Waals surface area contributed by atoms with Crippen molar-refractivity contribution in [2.45, 2.75) is 153 Å². The lowest BCUT2D eigenvalue weighted by Crippen LogP contribution is -2.61. The molecular weight excluding hydrogens is 1010 g/mol. The second-order valence-corrected chi connectivity index (χ2v) is 19.7. The molecular formula is C49H73N11O17. The molecule has 0 spiro atoms.